The van der Waals surface area contributed by atoms with Gasteiger partial charge in [0.2, 0.25) is 0 Å². The van der Waals surface area contributed by atoms with Crippen LogP contribution >= 0.6 is 0 Å². The van der Waals surface area contributed by atoms with E-state index in [0.29, 0.717) is 12.8 Å². The van der Waals surface area contributed by atoms with E-state index in [2.05, 4.69) is 44.9 Å². The second kappa shape index (κ2) is 12.2. The third-order valence-corrected chi connectivity index (χ3v) is 7.33. The van der Waals surface area contributed by atoms with E-state index < -0.39 is 0 Å². The van der Waals surface area contributed by atoms with Crippen molar-refractivity contribution in [1.29, 1.82) is 0 Å². The first-order chi connectivity index (χ1) is 18.6. The summed E-state index contributed by atoms with van der Waals surface area (Å²) in [4.78, 5) is 31.9. The number of likely N-dealkylation sites (N-methyl/N-ethyl adjacent to an activating group) is 1. The zero-order valence-electron chi connectivity index (χ0n) is 22.3. The molecule has 0 radical (unpaired) electrons. The molecule has 2 aromatic heterocycles. The smallest absolute Gasteiger partial charge is 0.167 e. The minimum absolute atomic E-state index is 0.104. The largest absolute Gasteiger partial charge is 0.301 e. The Bertz CT molecular complexity index is 1360. The van der Waals surface area contributed by atoms with Crippen molar-refractivity contribution in [3.8, 4) is 11.3 Å². The molecule has 0 N–H and O–H groups in total. The predicted octanol–water partition coefficient (Wildman–Crippen LogP) is 5.00. The van der Waals surface area contributed by atoms with Crippen LogP contribution in [0.5, 0.6) is 0 Å². The van der Waals surface area contributed by atoms with Gasteiger partial charge in [-0.15, -0.1) is 0 Å². The Labute approximate surface area is 225 Å². The second-order valence-corrected chi connectivity index (χ2v) is 10.00. The van der Waals surface area contributed by atoms with Crippen LogP contribution in [0.2, 0.25) is 0 Å². The first-order valence-corrected chi connectivity index (χ1v) is 13.5. The number of hydrogen-bond acceptors (Lipinski definition) is 6. The number of carbonyl (C=O) groups excluding carboxylic acids is 1. The third kappa shape index (κ3) is 6.57. The maximum atomic E-state index is 13.1. The lowest BCUT2D eigenvalue weighted by molar-refractivity contribution is 0.0993. The number of Topliss-reactive ketones (excluding diaryl/α,β-unsaturated/α-hetero) is 1. The molecule has 0 spiro atoms. The number of aromatic nitrogens is 3. The number of benzene rings is 2. The van der Waals surface area contributed by atoms with Crippen LogP contribution in [0, 0.1) is 6.92 Å². The maximum Gasteiger partial charge on any atom is 0.167 e. The quantitative estimate of drug-likeness (QED) is 0.298. The van der Waals surface area contributed by atoms with E-state index in [9.17, 15) is 4.79 Å². The summed E-state index contributed by atoms with van der Waals surface area (Å²) in [7, 11) is 0. The molecule has 0 atom stereocenters. The van der Waals surface area contributed by atoms with Gasteiger partial charge in [0.15, 0.2) is 5.78 Å². The highest BCUT2D eigenvalue weighted by atomic mass is 16.1. The lowest BCUT2D eigenvalue weighted by atomic mass is 10.00. The summed E-state index contributed by atoms with van der Waals surface area (Å²) in [6.45, 7) is 10.7. The van der Waals surface area contributed by atoms with Crippen LogP contribution in [0.25, 0.3) is 11.3 Å². The zero-order valence-corrected chi connectivity index (χ0v) is 22.3. The minimum atomic E-state index is 0.104. The molecule has 1 aliphatic rings. The normalized spacial score (nSPS) is 14.5. The van der Waals surface area contributed by atoms with Crippen LogP contribution in [0.15, 0.2) is 79.1 Å². The van der Waals surface area contributed by atoms with E-state index >= 15 is 0 Å². The molecule has 5 rings (SSSR count). The number of hydrogen-bond donors (Lipinski definition) is 0. The van der Waals surface area contributed by atoms with Gasteiger partial charge >= 0.3 is 0 Å². The molecule has 2 aromatic carbocycles. The fraction of sp³-hybridized carbons (Fsp3) is 0.312. The average molecular weight is 506 g/mol. The van der Waals surface area contributed by atoms with Crippen molar-refractivity contribution in [3.63, 3.8) is 0 Å². The Morgan fingerprint density at radius 2 is 1.61 bits per heavy atom. The topological polar surface area (TPSA) is 62.2 Å². The van der Waals surface area contributed by atoms with E-state index in [1.807, 2.05) is 61.7 Å². The van der Waals surface area contributed by atoms with Gasteiger partial charge in [-0.05, 0) is 36.2 Å². The molecule has 0 saturated carbocycles. The second-order valence-electron chi connectivity index (χ2n) is 10.00. The summed E-state index contributed by atoms with van der Waals surface area (Å²) >= 11 is 0. The Morgan fingerprint density at radius 3 is 2.34 bits per heavy atom. The van der Waals surface area contributed by atoms with Crippen LogP contribution in [0.3, 0.4) is 0 Å². The standard InChI is InChI=1S/C32H35N5O/c1-3-36-15-17-37(18-16-36)23-25-9-11-28(12-10-25)31(38)20-26-19-29(24(2)34-22-26)21-32-33-14-13-30(35-32)27-7-5-4-6-8-27/h4-14,19,22H,3,15-18,20-21,23H2,1-2H3. The van der Waals surface area contributed by atoms with E-state index in [4.69, 9.17) is 4.98 Å². The number of pyridine rings is 1. The molecule has 0 amide bonds. The molecule has 6 nitrogen and oxygen atoms in total. The molecule has 194 valence electrons. The zero-order chi connectivity index (χ0) is 26.3. The van der Waals surface area contributed by atoms with Crippen molar-refractivity contribution in [2.45, 2.75) is 33.2 Å². The van der Waals surface area contributed by atoms with Crippen LogP contribution < -0.4 is 0 Å². The van der Waals surface area contributed by atoms with Gasteiger partial charge in [-0.3, -0.25) is 14.7 Å². The Morgan fingerprint density at radius 1 is 0.868 bits per heavy atom. The minimum Gasteiger partial charge on any atom is -0.301 e. The molecule has 3 heterocycles. The predicted molar refractivity (Wildman–Crippen MR) is 151 cm³/mol. The summed E-state index contributed by atoms with van der Waals surface area (Å²) in [6, 6.07) is 22.2. The van der Waals surface area contributed by atoms with Crippen molar-refractivity contribution in [1.82, 2.24) is 24.8 Å². The number of carbonyl (C=O) groups is 1. The van der Waals surface area contributed by atoms with E-state index in [1.54, 1.807) is 6.20 Å². The molecule has 4 aromatic rings. The highest BCUT2D eigenvalue weighted by molar-refractivity contribution is 5.97. The van der Waals surface area contributed by atoms with Crippen molar-refractivity contribution in [3.05, 3.63) is 113 Å². The fourth-order valence-electron chi connectivity index (χ4n) is 4.93. The van der Waals surface area contributed by atoms with Gasteiger partial charge in [0.25, 0.3) is 0 Å². The van der Waals surface area contributed by atoms with E-state index in [-0.39, 0.29) is 5.78 Å². The Hall–Kier alpha value is -3.74. The van der Waals surface area contributed by atoms with Crippen LogP contribution in [-0.4, -0.2) is 63.3 Å². The average Bonchev–Trinajstić information content (AvgIpc) is 2.96. The van der Waals surface area contributed by atoms with Crippen molar-refractivity contribution in [2.24, 2.45) is 0 Å². The molecule has 1 aliphatic heterocycles. The molecule has 6 heteroatoms. The number of rotatable bonds is 9. The SMILES string of the molecule is CCN1CCN(Cc2ccc(C(=O)Cc3cnc(C)c(Cc4nccc(-c5ccccc5)n4)c3)cc2)CC1. The lowest BCUT2D eigenvalue weighted by Gasteiger charge is -2.34. The monoisotopic (exact) mass is 505 g/mol. The number of aryl methyl sites for hydroxylation is 1. The molecule has 0 aliphatic carbocycles. The van der Waals surface area contributed by atoms with Crippen molar-refractivity contribution < 1.29 is 4.79 Å². The Balaban J connectivity index is 1.22. The van der Waals surface area contributed by atoms with Crippen LogP contribution in [0.4, 0.5) is 0 Å². The first kappa shape index (κ1) is 25.9. The van der Waals surface area contributed by atoms with Gasteiger partial charge in [-0.1, -0.05) is 67.6 Å². The fourth-order valence-corrected chi connectivity index (χ4v) is 4.93. The highest BCUT2D eigenvalue weighted by Gasteiger charge is 2.16. The highest BCUT2D eigenvalue weighted by Crippen LogP contribution is 2.19. The van der Waals surface area contributed by atoms with Gasteiger partial charge in [0.1, 0.15) is 5.82 Å². The van der Waals surface area contributed by atoms with Crippen molar-refractivity contribution in [2.75, 3.05) is 32.7 Å². The van der Waals surface area contributed by atoms with Gasteiger partial charge in [-0.2, -0.15) is 0 Å². The van der Waals surface area contributed by atoms with Crippen molar-refractivity contribution >= 4 is 5.78 Å². The first-order valence-electron chi connectivity index (χ1n) is 13.5. The molecular formula is C32H35N5O. The summed E-state index contributed by atoms with van der Waals surface area (Å²) in [5.41, 5.74) is 6.84. The number of ketones is 1. The summed E-state index contributed by atoms with van der Waals surface area (Å²) in [5.74, 6) is 0.846. The molecular weight excluding hydrogens is 470 g/mol. The van der Waals surface area contributed by atoms with Crippen LogP contribution in [-0.2, 0) is 19.4 Å². The molecule has 0 unspecified atom stereocenters. The van der Waals surface area contributed by atoms with Crippen LogP contribution in [0.1, 0.15) is 45.5 Å². The summed E-state index contributed by atoms with van der Waals surface area (Å²) < 4.78 is 0. The number of piperazine rings is 1. The molecule has 1 saturated heterocycles. The van der Waals surface area contributed by atoms with Gasteiger partial charge < -0.3 is 4.90 Å². The summed E-state index contributed by atoms with van der Waals surface area (Å²) in [5, 5.41) is 0. The lowest BCUT2D eigenvalue weighted by Crippen LogP contribution is -2.45. The Kier molecular flexibility index (Phi) is 8.31. The van der Waals surface area contributed by atoms with Gasteiger partial charge in [0, 0.05) is 74.8 Å². The summed E-state index contributed by atoms with van der Waals surface area (Å²) in [6.07, 6.45) is 4.50. The maximum absolute atomic E-state index is 13.1. The van der Waals surface area contributed by atoms with Gasteiger partial charge in [0.05, 0.1) is 5.69 Å². The molecule has 1 fully saturated rings. The van der Waals surface area contributed by atoms with E-state index in [1.165, 1.54) is 5.56 Å². The number of nitrogens with zero attached hydrogens (tertiary/aromatic N) is 5. The van der Waals surface area contributed by atoms with Gasteiger partial charge in [-0.25, -0.2) is 9.97 Å². The third-order valence-electron chi connectivity index (χ3n) is 7.33. The molecule has 0 bridgehead atoms. The van der Waals surface area contributed by atoms with E-state index in [0.717, 1.165) is 78.7 Å². The molecule has 38 heavy (non-hydrogen) atoms.